The highest BCUT2D eigenvalue weighted by atomic mass is 35.5. The first-order chi connectivity index (χ1) is 7.20. The SMILES string of the molecule is CCOc1ccc2nc(C)cc(Cl)c2c1. The van der Waals surface area contributed by atoms with Gasteiger partial charge in [0, 0.05) is 11.1 Å². The molecule has 1 aromatic heterocycles. The number of aromatic nitrogens is 1. The van der Waals surface area contributed by atoms with Crippen LogP contribution >= 0.6 is 11.6 Å². The smallest absolute Gasteiger partial charge is 0.120 e. The molecule has 78 valence electrons. The maximum atomic E-state index is 6.14. The summed E-state index contributed by atoms with van der Waals surface area (Å²) in [4.78, 5) is 4.40. The molecule has 0 aliphatic carbocycles. The van der Waals surface area contributed by atoms with Gasteiger partial charge in [0.2, 0.25) is 0 Å². The Morgan fingerprint density at radius 1 is 1.33 bits per heavy atom. The fourth-order valence-electron chi connectivity index (χ4n) is 1.54. The summed E-state index contributed by atoms with van der Waals surface area (Å²) in [5, 5.41) is 1.66. The molecule has 3 heteroatoms. The second kappa shape index (κ2) is 4.07. The number of halogens is 1. The minimum atomic E-state index is 0.655. The molecule has 1 heterocycles. The van der Waals surface area contributed by atoms with E-state index in [9.17, 15) is 0 Å². The average Bonchev–Trinajstić information content (AvgIpc) is 2.19. The fourth-order valence-corrected chi connectivity index (χ4v) is 1.85. The molecule has 0 spiro atoms. The van der Waals surface area contributed by atoms with Crippen molar-refractivity contribution < 1.29 is 4.74 Å². The Kier molecular flexibility index (Phi) is 2.78. The Labute approximate surface area is 93.8 Å². The third-order valence-electron chi connectivity index (χ3n) is 2.17. The fraction of sp³-hybridized carbons (Fsp3) is 0.250. The zero-order chi connectivity index (χ0) is 10.8. The van der Waals surface area contributed by atoms with Gasteiger partial charge >= 0.3 is 0 Å². The maximum absolute atomic E-state index is 6.14. The second-order valence-corrected chi connectivity index (χ2v) is 3.76. The lowest BCUT2D eigenvalue weighted by Crippen LogP contribution is -1.92. The molecule has 2 aromatic rings. The zero-order valence-electron chi connectivity index (χ0n) is 8.75. The monoisotopic (exact) mass is 221 g/mol. The predicted molar refractivity (Wildman–Crippen MR) is 62.7 cm³/mol. The van der Waals surface area contributed by atoms with Crippen LogP contribution in [-0.4, -0.2) is 11.6 Å². The molecule has 0 aliphatic rings. The highest BCUT2D eigenvalue weighted by Gasteiger charge is 2.03. The van der Waals surface area contributed by atoms with Crippen molar-refractivity contribution in [2.75, 3.05) is 6.61 Å². The van der Waals surface area contributed by atoms with E-state index in [-0.39, 0.29) is 0 Å². The van der Waals surface area contributed by atoms with E-state index in [1.165, 1.54) is 0 Å². The first-order valence-electron chi connectivity index (χ1n) is 4.90. The van der Waals surface area contributed by atoms with Gasteiger partial charge < -0.3 is 4.74 Å². The highest BCUT2D eigenvalue weighted by molar-refractivity contribution is 6.35. The third-order valence-corrected chi connectivity index (χ3v) is 2.48. The number of ether oxygens (including phenoxy) is 1. The van der Waals surface area contributed by atoms with Crippen molar-refractivity contribution in [3.63, 3.8) is 0 Å². The first kappa shape index (κ1) is 10.2. The molecule has 0 amide bonds. The minimum Gasteiger partial charge on any atom is -0.494 e. The van der Waals surface area contributed by atoms with E-state index in [2.05, 4.69) is 4.98 Å². The number of rotatable bonds is 2. The molecule has 15 heavy (non-hydrogen) atoms. The molecule has 0 fully saturated rings. The van der Waals surface area contributed by atoms with Crippen LogP contribution in [0.4, 0.5) is 0 Å². The molecular weight excluding hydrogens is 210 g/mol. The molecule has 0 saturated heterocycles. The minimum absolute atomic E-state index is 0.655. The summed E-state index contributed by atoms with van der Waals surface area (Å²) in [6.45, 7) is 4.55. The number of aryl methyl sites for hydroxylation is 1. The molecule has 0 atom stereocenters. The van der Waals surface area contributed by atoms with Gasteiger partial charge in [-0.3, -0.25) is 4.98 Å². The molecule has 2 nitrogen and oxygen atoms in total. The van der Waals surface area contributed by atoms with Gasteiger partial charge in [-0.2, -0.15) is 0 Å². The van der Waals surface area contributed by atoms with Gasteiger partial charge in [0.15, 0.2) is 0 Å². The van der Waals surface area contributed by atoms with Gasteiger partial charge in [-0.1, -0.05) is 11.6 Å². The number of fused-ring (bicyclic) bond motifs is 1. The Morgan fingerprint density at radius 2 is 2.13 bits per heavy atom. The van der Waals surface area contributed by atoms with Crippen molar-refractivity contribution in [2.45, 2.75) is 13.8 Å². The maximum Gasteiger partial charge on any atom is 0.120 e. The normalized spacial score (nSPS) is 10.6. The summed E-state index contributed by atoms with van der Waals surface area (Å²) in [5.41, 5.74) is 1.83. The number of hydrogen-bond acceptors (Lipinski definition) is 2. The van der Waals surface area contributed by atoms with Gasteiger partial charge in [-0.15, -0.1) is 0 Å². The van der Waals surface area contributed by atoms with E-state index in [0.29, 0.717) is 6.61 Å². The molecule has 2 rings (SSSR count). The Bertz CT molecular complexity index is 496. The van der Waals surface area contributed by atoms with E-state index in [4.69, 9.17) is 16.3 Å². The van der Waals surface area contributed by atoms with E-state index in [0.717, 1.165) is 27.4 Å². The van der Waals surface area contributed by atoms with Crippen LogP contribution in [0.1, 0.15) is 12.6 Å². The lowest BCUT2D eigenvalue weighted by molar-refractivity contribution is 0.340. The van der Waals surface area contributed by atoms with Crippen molar-refractivity contribution in [2.24, 2.45) is 0 Å². The quantitative estimate of drug-likeness (QED) is 0.773. The van der Waals surface area contributed by atoms with Crippen molar-refractivity contribution in [3.8, 4) is 5.75 Å². The van der Waals surface area contributed by atoms with Crippen molar-refractivity contribution in [1.82, 2.24) is 4.98 Å². The van der Waals surface area contributed by atoms with E-state index < -0.39 is 0 Å². The molecule has 1 aromatic carbocycles. The van der Waals surface area contributed by atoms with Crippen LogP contribution in [0.25, 0.3) is 10.9 Å². The molecular formula is C12H12ClNO. The largest absolute Gasteiger partial charge is 0.494 e. The van der Waals surface area contributed by atoms with Crippen LogP contribution in [0, 0.1) is 6.92 Å². The summed E-state index contributed by atoms with van der Waals surface area (Å²) in [6, 6.07) is 7.63. The van der Waals surface area contributed by atoms with Gasteiger partial charge in [-0.05, 0) is 38.1 Å². The number of hydrogen-bond donors (Lipinski definition) is 0. The molecule has 0 bridgehead atoms. The van der Waals surface area contributed by atoms with Gasteiger partial charge in [0.1, 0.15) is 5.75 Å². The first-order valence-corrected chi connectivity index (χ1v) is 5.28. The van der Waals surface area contributed by atoms with Gasteiger partial charge in [0.25, 0.3) is 0 Å². The van der Waals surface area contributed by atoms with E-state index >= 15 is 0 Å². The molecule has 0 aliphatic heterocycles. The Morgan fingerprint density at radius 3 is 2.87 bits per heavy atom. The summed E-state index contributed by atoms with van der Waals surface area (Å²) in [7, 11) is 0. The van der Waals surface area contributed by atoms with Crippen LogP contribution < -0.4 is 4.74 Å². The van der Waals surface area contributed by atoms with E-state index in [1.807, 2.05) is 38.1 Å². The van der Waals surface area contributed by atoms with Crippen molar-refractivity contribution in [1.29, 1.82) is 0 Å². The number of benzene rings is 1. The summed E-state index contributed by atoms with van der Waals surface area (Å²) >= 11 is 6.14. The van der Waals surface area contributed by atoms with Crippen LogP contribution in [-0.2, 0) is 0 Å². The Balaban J connectivity index is 2.60. The van der Waals surface area contributed by atoms with Crippen LogP contribution in [0.5, 0.6) is 5.75 Å². The molecule has 0 N–H and O–H groups in total. The van der Waals surface area contributed by atoms with Crippen LogP contribution in [0.2, 0.25) is 5.02 Å². The number of nitrogens with zero attached hydrogens (tertiary/aromatic N) is 1. The highest BCUT2D eigenvalue weighted by Crippen LogP contribution is 2.26. The van der Waals surface area contributed by atoms with Gasteiger partial charge in [0.05, 0.1) is 17.1 Å². The summed E-state index contributed by atoms with van der Waals surface area (Å²) in [5.74, 6) is 0.831. The number of pyridine rings is 1. The zero-order valence-corrected chi connectivity index (χ0v) is 9.51. The molecule has 0 saturated carbocycles. The lowest BCUT2D eigenvalue weighted by Gasteiger charge is -2.06. The van der Waals surface area contributed by atoms with Gasteiger partial charge in [-0.25, -0.2) is 0 Å². The van der Waals surface area contributed by atoms with Crippen molar-refractivity contribution in [3.05, 3.63) is 35.0 Å². The molecule has 0 radical (unpaired) electrons. The Hall–Kier alpha value is -1.28. The molecule has 0 unspecified atom stereocenters. The lowest BCUT2D eigenvalue weighted by atomic mass is 10.2. The van der Waals surface area contributed by atoms with E-state index in [1.54, 1.807) is 0 Å². The summed E-state index contributed by atoms with van der Waals surface area (Å²) in [6.07, 6.45) is 0. The second-order valence-electron chi connectivity index (χ2n) is 3.36. The van der Waals surface area contributed by atoms with Crippen LogP contribution in [0.3, 0.4) is 0 Å². The predicted octanol–water partition coefficient (Wildman–Crippen LogP) is 3.60. The van der Waals surface area contributed by atoms with Crippen molar-refractivity contribution >= 4 is 22.5 Å². The standard InChI is InChI=1S/C12H12ClNO/c1-3-15-9-4-5-12-10(7-9)11(13)6-8(2)14-12/h4-7H,3H2,1-2H3. The average molecular weight is 222 g/mol. The van der Waals surface area contributed by atoms with Crippen LogP contribution in [0.15, 0.2) is 24.3 Å². The topological polar surface area (TPSA) is 22.1 Å². The third kappa shape index (κ3) is 2.05. The summed E-state index contributed by atoms with van der Waals surface area (Å²) < 4.78 is 5.41.